The standard InChI is InChI=1S/C8H5ClF3N/c9-7-2-1-5(4-13)3-6(7)8(10,11)12/h1-4,13H. The number of hydrogen-bond donors (Lipinski definition) is 1. The molecule has 0 fully saturated rings. The maximum absolute atomic E-state index is 12.2. The monoisotopic (exact) mass is 207 g/mol. The van der Waals surface area contributed by atoms with Gasteiger partial charge in [-0.2, -0.15) is 13.2 Å². The highest BCUT2D eigenvalue weighted by Gasteiger charge is 2.33. The van der Waals surface area contributed by atoms with Crippen LogP contribution < -0.4 is 0 Å². The van der Waals surface area contributed by atoms with Gasteiger partial charge in [0, 0.05) is 6.21 Å². The van der Waals surface area contributed by atoms with Crippen LogP contribution in [0.15, 0.2) is 18.2 Å². The summed E-state index contributed by atoms with van der Waals surface area (Å²) in [6, 6.07) is 3.32. The van der Waals surface area contributed by atoms with E-state index in [1.165, 1.54) is 6.07 Å². The molecule has 5 heteroatoms. The van der Waals surface area contributed by atoms with E-state index in [2.05, 4.69) is 0 Å². The largest absolute Gasteiger partial charge is 0.417 e. The zero-order valence-electron chi connectivity index (χ0n) is 6.32. The predicted octanol–water partition coefficient (Wildman–Crippen LogP) is 3.36. The van der Waals surface area contributed by atoms with Gasteiger partial charge in [-0.15, -0.1) is 0 Å². The number of alkyl halides is 3. The summed E-state index contributed by atoms with van der Waals surface area (Å²) in [7, 11) is 0. The molecule has 0 saturated carbocycles. The van der Waals surface area contributed by atoms with Crippen molar-refractivity contribution in [1.82, 2.24) is 0 Å². The third-order valence-electron chi connectivity index (χ3n) is 1.46. The molecule has 1 aromatic rings. The Labute approximate surface area is 77.6 Å². The molecule has 0 amide bonds. The maximum atomic E-state index is 12.2. The topological polar surface area (TPSA) is 23.9 Å². The summed E-state index contributed by atoms with van der Waals surface area (Å²) in [4.78, 5) is 0. The highest BCUT2D eigenvalue weighted by atomic mass is 35.5. The van der Waals surface area contributed by atoms with E-state index in [1.807, 2.05) is 0 Å². The second kappa shape index (κ2) is 3.38. The zero-order chi connectivity index (χ0) is 10.1. The minimum atomic E-state index is -4.46. The van der Waals surface area contributed by atoms with Crippen LogP contribution in [0.1, 0.15) is 11.1 Å². The highest BCUT2D eigenvalue weighted by Crippen LogP contribution is 2.34. The molecule has 0 aliphatic carbocycles. The smallest absolute Gasteiger partial charge is 0.308 e. The van der Waals surface area contributed by atoms with Crippen molar-refractivity contribution < 1.29 is 13.2 Å². The Balaban J connectivity index is 3.27. The first-order chi connectivity index (χ1) is 5.95. The quantitative estimate of drug-likeness (QED) is 0.683. The molecule has 1 aromatic carbocycles. The van der Waals surface area contributed by atoms with Crippen LogP contribution in [0.5, 0.6) is 0 Å². The lowest BCUT2D eigenvalue weighted by Gasteiger charge is -2.08. The minimum Gasteiger partial charge on any atom is -0.308 e. The molecule has 0 unspecified atom stereocenters. The van der Waals surface area contributed by atoms with Gasteiger partial charge in [-0.05, 0) is 17.7 Å². The first kappa shape index (κ1) is 10.1. The normalized spacial score (nSPS) is 11.4. The van der Waals surface area contributed by atoms with Crippen LogP contribution in [0.4, 0.5) is 13.2 Å². The molecule has 1 rings (SSSR count). The molecule has 0 radical (unpaired) electrons. The molecule has 0 atom stereocenters. The van der Waals surface area contributed by atoms with Crippen molar-refractivity contribution in [2.75, 3.05) is 0 Å². The molecule has 13 heavy (non-hydrogen) atoms. The van der Waals surface area contributed by atoms with Gasteiger partial charge in [0.05, 0.1) is 10.6 Å². The first-order valence-electron chi connectivity index (χ1n) is 3.32. The van der Waals surface area contributed by atoms with Crippen LogP contribution in [-0.4, -0.2) is 6.21 Å². The number of benzene rings is 1. The molecule has 0 aliphatic rings. The molecule has 1 N–H and O–H groups in total. The third-order valence-corrected chi connectivity index (χ3v) is 1.79. The van der Waals surface area contributed by atoms with Gasteiger partial charge >= 0.3 is 6.18 Å². The summed E-state index contributed by atoms with van der Waals surface area (Å²) in [5.74, 6) is 0. The zero-order valence-corrected chi connectivity index (χ0v) is 7.08. The Morgan fingerprint density at radius 3 is 2.38 bits per heavy atom. The molecule has 0 aromatic heterocycles. The maximum Gasteiger partial charge on any atom is 0.417 e. The van der Waals surface area contributed by atoms with Gasteiger partial charge in [-0.25, -0.2) is 0 Å². The number of halogens is 4. The summed E-state index contributed by atoms with van der Waals surface area (Å²) in [6.07, 6.45) is -3.62. The van der Waals surface area contributed by atoms with Crippen molar-refractivity contribution in [2.24, 2.45) is 0 Å². The number of hydrogen-bond acceptors (Lipinski definition) is 1. The summed E-state index contributed by atoms with van der Waals surface area (Å²) in [5.41, 5.74) is -0.730. The molecule has 0 aliphatic heterocycles. The average Bonchev–Trinajstić information content (AvgIpc) is 2.03. The fraction of sp³-hybridized carbons (Fsp3) is 0.125. The van der Waals surface area contributed by atoms with Crippen molar-refractivity contribution in [2.45, 2.75) is 6.18 Å². The van der Waals surface area contributed by atoms with Crippen LogP contribution in [0.3, 0.4) is 0 Å². The van der Waals surface area contributed by atoms with E-state index in [4.69, 9.17) is 17.0 Å². The van der Waals surface area contributed by atoms with Crippen LogP contribution in [0.25, 0.3) is 0 Å². The molecule has 0 saturated heterocycles. The lowest BCUT2D eigenvalue weighted by atomic mass is 10.1. The van der Waals surface area contributed by atoms with Gasteiger partial charge in [0.2, 0.25) is 0 Å². The average molecular weight is 208 g/mol. The fourth-order valence-electron chi connectivity index (χ4n) is 0.850. The summed E-state index contributed by atoms with van der Waals surface area (Å²) >= 11 is 5.34. The SMILES string of the molecule is N=Cc1ccc(Cl)c(C(F)(F)F)c1. The third kappa shape index (κ3) is 2.21. The first-order valence-corrected chi connectivity index (χ1v) is 3.70. The van der Waals surface area contributed by atoms with Crippen LogP contribution >= 0.6 is 11.6 Å². The fourth-order valence-corrected chi connectivity index (χ4v) is 1.07. The molecule has 1 nitrogen and oxygen atoms in total. The number of nitrogens with one attached hydrogen (secondary N) is 1. The van der Waals surface area contributed by atoms with E-state index in [0.29, 0.717) is 0 Å². The Morgan fingerprint density at radius 2 is 1.92 bits per heavy atom. The molecule has 0 spiro atoms. The van der Waals surface area contributed by atoms with Gasteiger partial charge in [0.1, 0.15) is 0 Å². The molecule has 0 bridgehead atoms. The summed E-state index contributed by atoms with van der Waals surface area (Å²) in [5, 5.41) is 6.43. The van der Waals surface area contributed by atoms with Crippen molar-refractivity contribution in [3.05, 3.63) is 34.3 Å². The number of rotatable bonds is 1. The van der Waals surface area contributed by atoms with Crippen molar-refractivity contribution in [3.63, 3.8) is 0 Å². The second-order valence-electron chi connectivity index (χ2n) is 2.38. The summed E-state index contributed by atoms with van der Waals surface area (Å²) < 4.78 is 36.6. The molecule has 70 valence electrons. The van der Waals surface area contributed by atoms with Gasteiger partial charge < -0.3 is 5.41 Å². The van der Waals surface area contributed by atoms with Crippen molar-refractivity contribution in [3.8, 4) is 0 Å². The van der Waals surface area contributed by atoms with E-state index in [9.17, 15) is 13.2 Å². The van der Waals surface area contributed by atoms with E-state index >= 15 is 0 Å². The van der Waals surface area contributed by atoms with Gasteiger partial charge in [0.25, 0.3) is 0 Å². The molecule has 0 heterocycles. The Morgan fingerprint density at radius 1 is 1.31 bits per heavy atom. The Kier molecular flexibility index (Phi) is 2.61. The van der Waals surface area contributed by atoms with Gasteiger partial charge in [0.15, 0.2) is 0 Å². The van der Waals surface area contributed by atoms with Gasteiger partial charge in [-0.3, -0.25) is 0 Å². The predicted molar refractivity (Wildman–Crippen MR) is 44.3 cm³/mol. The lowest BCUT2D eigenvalue weighted by molar-refractivity contribution is -0.137. The van der Waals surface area contributed by atoms with Crippen LogP contribution in [0.2, 0.25) is 5.02 Å². The van der Waals surface area contributed by atoms with Crippen LogP contribution in [-0.2, 0) is 6.18 Å². The van der Waals surface area contributed by atoms with E-state index in [0.717, 1.165) is 18.3 Å². The molecular formula is C8H5ClF3N. The van der Waals surface area contributed by atoms with Crippen molar-refractivity contribution >= 4 is 17.8 Å². The molecular weight excluding hydrogens is 203 g/mol. The van der Waals surface area contributed by atoms with E-state index < -0.39 is 11.7 Å². The minimum absolute atomic E-state index is 0.178. The second-order valence-corrected chi connectivity index (χ2v) is 2.79. The Hall–Kier alpha value is -1.03. The Bertz CT molecular complexity index is 333. The van der Waals surface area contributed by atoms with E-state index in [-0.39, 0.29) is 10.6 Å². The summed E-state index contributed by atoms with van der Waals surface area (Å²) in [6.45, 7) is 0. The highest BCUT2D eigenvalue weighted by molar-refractivity contribution is 6.31. The van der Waals surface area contributed by atoms with Crippen LogP contribution in [0, 0.1) is 5.41 Å². The van der Waals surface area contributed by atoms with Crippen molar-refractivity contribution in [1.29, 1.82) is 5.41 Å². The lowest BCUT2D eigenvalue weighted by Crippen LogP contribution is -2.06. The van der Waals surface area contributed by atoms with Gasteiger partial charge in [-0.1, -0.05) is 17.7 Å². The van der Waals surface area contributed by atoms with E-state index in [1.54, 1.807) is 0 Å².